The maximum absolute atomic E-state index is 12.6. The van der Waals surface area contributed by atoms with Gasteiger partial charge < -0.3 is 15.2 Å². The SMILES string of the molecule is COCC1(C(=O)N[C@H](Cc2ccccc2)C2CC(O)C2)CC1. The Morgan fingerprint density at radius 3 is 2.59 bits per heavy atom. The van der Waals surface area contributed by atoms with E-state index in [1.807, 2.05) is 18.2 Å². The maximum Gasteiger partial charge on any atom is 0.228 e. The maximum atomic E-state index is 12.6. The molecule has 4 nitrogen and oxygen atoms in total. The van der Waals surface area contributed by atoms with Crippen molar-refractivity contribution in [2.24, 2.45) is 11.3 Å². The molecule has 0 aromatic heterocycles. The lowest BCUT2D eigenvalue weighted by Gasteiger charge is -2.38. The molecule has 0 bridgehead atoms. The van der Waals surface area contributed by atoms with Crippen LogP contribution in [0.3, 0.4) is 0 Å². The molecule has 1 amide bonds. The van der Waals surface area contributed by atoms with Crippen LogP contribution in [0.5, 0.6) is 0 Å². The quantitative estimate of drug-likeness (QED) is 0.809. The normalized spacial score (nSPS) is 26.8. The van der Waals surface area contributed by atoms with Crippen LogP contribution in [0.15, 0.2) is 30.3 Å². The second-order valence-corrected chi connectivity index (χ2v) is 6.87. The second-order valence-electron chi connectivity index (χ2n) is 6.87. The molecule has 2 fully saturated rings. The fraction of sp³-hybridized carbons (Fsp3) is 0.611. The lowest BCUT2D eigenvalue weighted by Crippen LogP contribution is -2.50. The number of hydrogen-bond acceptors (Lipinski definition) is 3. The van der Waals surface area contributed by atoms with Gasteiger partial charge in [0, 0.05) is 13.2 Å². The van der Waals surface area contributed by atoms with Gasteiger partial charge in [-0.2, -0.15) is 0 Å². The van der Waals surface area contributed by atoms with Gasteiger partial charge in [-0.1, -0.05) is 30.3 Å². The molecule has 1 aromatic rings. The van der Waals surface area contributed by atoms with E-state index in [1.54, 1.807) is 7.11 Å². The summed E-state index contributed by atoms with van der Waals surface area (Å²) in [6.45, 7) is 0.504. The number of methoxy groups -OCH3 is 1. The first-order valence-corrected chi connectivity index (χ1v) is 8.15. The highest BCUT2D eigenvalue weighted by atomic mass is 16.5. The number of amides is 1. The Morgan fingerprint density at radius 1 is 1.36 bits per heavy atom. The number of aliphatic hydroxyl groups excluding tert-OH is 1. The molecule has 0 radical (unpaired) electrons. The van der Waals surface area contributed by atoms with E-state index in [1.165, 1.54) is 5.56 Å². The Bertz CT molecular complexity index is 506. The summed E-state index contributed by atoms with van der Waals surface area (Å²) in [5.41, 5.74) is 0.928. The molecule has 3 rings (SSSR count). The van der Waals surface area contributed by atoms with Crippen molar-refractivity contribution in [1.82, 2.24) is 5.32 Å². The van der Waals surface area contributed by atoms with E-state index in [9.17, 15) is 9.90 Å². The van der Waals surface area contributed by atoms with E-state index in [0.717, 1.165) is 32.1 Å². The zero-order valence-corrected chi connectivity index (χ0v) is 13.1. The van der Waals surface area contributed by atoms with Crippen LogP contribution in [-0.4, -0.2) is 36.9 Å². The van der Waals surface area contributed by atoms with E-state index < -0.39 is 0 Å². The minimum Gasteiger partial charge on any atom is -0.393 e. The van der Waals surface area contributed by atoms with E-state index in [2.05, 4.69) is 17.4 Å². The molecule has 2 N–H and O–H groups in total. The molecule has 22 heavy (non-hydrogen) atoms. The summed E-state index contributed by atoms with van der Waals surface area (Å²) < 4.78 is 5.21. The predicted molar refractivity (Wildman–Crippen MR) is 84.4 cm³/mol. The average Bonchev–Trinajstić information content (AvgIpc) is 3.26. The van der Waals surface area contributed by atoms with Gasteiger partial charge in [0.25, 0.3) is 0 Å². The van der Waals surface area contributed by atoms with Gasteiger partial charge >= 0.3 is 0 Å². The fourth-order valence-electron chi connectivity index (χ4n) is 3.35. The monoisotopic (exact) mass is 303 g/mol. The highest BCUT2D eigenvalue weighted by molar-refractivity contribution is 5.85. The van der Waals surface area contributed by atoms with Crippen molar-refractivity contribution in [1.29, 1.82) is 0 Å². The first kappa shape index (κ1) is 15.5. The fourth-order valence-corrected chi connectivity index (χ4v) is 3.35. The van der Waals surface area contributed by atoms with Crippen LogP contribution in [0.1, 0.15) is 31.2 Å². The van der Waals surface area contributed by atoms with E-state index in [4.69, 9.17) is 4.74 Å². The Balaban J connectivity index is 1.65. The van der Waals surface area contributed by atoms with Gasteiger partial charge in [0.1, 0.15) is 0 Å². The minimum absolute atomic E-state index is 0.104. The summed E-state index contributed by atoms with van der Waals surface area (Å²) >= 11 is 0. The summed E-state index contributed by atoms with van der Waals surface area (Å²) in [7, 11) is 1.65. The van der Waals surface area contributed by atoms with Gasteiger partial charge in [-0.05, 0) is 43.6 Å². The van der Waals surface area contributed by atoms with Crippen LogP contribution in [0.25, 0.3) is 0 Å². The Labute approximate surface area is 131 Å². The molecule has 0 heterocycles. The molecule has 0 aliphatic heterocycles. The summed E-state index contributed by atoms with van der Waals surface area (Å²) in [5.74, 6) is 0.495. The number of carbonyl (C=O) groups is 1. The molecule has 0 unspecified atom stereocenters. The van der Waals surface area contributed by atoms with Gasteiger partial charge in [-0.15, -0.1) is 0 Å². The minimum atomic E-state index is -0.300. The van der Waals surface area contributed by atoms with Gasteiger partial charge in [0.05, 0.1) is 18.1 Å². The van der Waals surface area contributed by atoms with Crippen LogP contribution < -0.4 is 5.32 Å². The summed E-state index contributed by atoms with van der Waals surface area (Å²) in [5, 5.41) is 12.8. The van der Waals surface area contributed by atoms with Crippen LogP contribution in [0, 0.1) is 11.3 Å². The number of benzene rings is 1. The van der Waals surface area contributed by atoms with E-state index >= 15 is 0 Å². The van der Waals surface area contributed by atoms with Crippen LogP contribution in [0.4, 0.5) is 0 Å². The molecule has 1 aromatic carbocycles. The van der Waals surface area contributed by atoms with Crippen molar-refractivity contribution in [2.45, 2.75) is 44.2 Å². The number of carbonyl (C=O) groups excluding carboxylic acids is 1. The first-order valence-electron chi connectivity index (χ1n) is 8.15. The van der Waals surface area contributed by atoms with Gasteiger partial charge in [-0.3, -0.25) is 4.79 Å². The third kappa shape index (κ3) is 3.33. The van der Waals surface area contributed by atoms with Crippen molar-refractivity contribution in [3.05, 3.63) is 35.9 Å². The summed E-state index contributed by atoms with van der Waals surface area (Å²) in [6.07, 6.45) is 4.03. The number of aliphatic hydroxyl groups is 1. The van der Waals surface area contributed by atoms with Crippen LogP contribution in [-0.2, 0) is 16.0 Å². The summed E-state index contributed by atoms with van der Waals surface area (Å²) in [4.78, 5) is 12.6. The Kier molecular flexibility index (Phi) is 4.50. The molecule has 1 atom stereocenters. The standard InChI is InChI=1S/C18H25NO3/c1-22-12-18(7-8-18)17(21)19-16(14-10-15(20)11-14)9-13-5-3-2-4-6-13/h2-6,14-16,20H,7-12H2,1H3,(H,19,21)/t14?,15?,16-/m1/s1. The van der Waals surface area contributed by atoms with E-state index in [0.29, 0.717) is 12.5 Å². The van der Waals surface area contributed by atoms with Gasteiger partial charge in [0.2, 0.25) is 5.91 Å². The average molecular weight is 303 g/mol. The van der Waals surface area contributed by atoms with Crippen LogP contribution >= 0.6 is 0 Å². The Morgan fingerprint density at radius 2 is 2.05 bits per heavy atom. The molecular formula is C18H25NO3. The third-order valence-corrected chi connectivity index (χ3v) is 5.09. The predicted octanol–water partition coefficient (Wildman–Crippen LogP) is 1.91. The van der Waals surface area contributed by atoms with Crippen molar-refractivity contribution in [2.75, 3.05) is 13.7 Å². The van der Waals surface area contributed by atoms with Crippen molar-refractivity contribution in [3.63, 3.8) is 0 Å². The molecule has 2 saturated carbocycles. The third-order valence-electron chi connectivity index (χ3n) is 5.09. The highest BCUT2D eigenvalue weighted by Gasteiger charge is 2.51. The van der Waals surface area contributed by atoms with Gasteiger partial charge in [0.15, 0.2) is 0 Å². The zero-order chi connectivity index (χ0) is 15.6. The molecule has 0 saturated heterocycles. The zero-order valence-electron chi connectivity index (χ0n) is 13.1. The number of ether oxygens (including phenoxy) is 1. The molecule has 2 aliphatic carbocycles. The molecule has 4 heteroatoms. The number of nitrogens with one attached hydrogen (secondary N) is 1. The smallest absolute Gasteiger partial charge is 0.228 e. The number of hydrogen-bond donors (Lipinski definition) is 2. The molecule has 120 valence electrons. The van der Waals surface area contributed by atoms with Crippen molar-refractivity contribution < 1.29 is 14.6 Å². The van der Waals surface area contributed by atoms with Crippen molar-refractivity contribution in [3.8, 4) is 0 Å². The lowest BCUT2D eigenvalue weighted by molar-refractivity contribution is -0.130. The van der Waals surface area contributed by atoms with Crippen LogP contribution in [0.2, 0.25) is 0 Å². The summed E-state index contributed by atoms with van der Waals surface area (Å²) in [6, 6.07) is 10.3. The molecule has 2 aliphatic rings. The van der Waals surface area contributed by atoms with Crippen molar-refractivity contribution >= 4 is 5.91 Å². The Hall–Kier alpha value is -1.39. The highest BCUT2D eigenvalue weighted by Crippen LogP contribution is 2.46. The van der Waals surface area contributed by atoms with E-state index in [-0.39, 0.29) is 23.5 Å². The molecular weight excluding hydrogens is 278 g/mol. The lowest BCUT2D eigenvalue weighted by atomic mass is 9.75. The largest absolute Gasteiger partial charge is 0.393 e. The second kappa shape index (κ2) is 6.39. The topological polar surface area (TPSA) is 58.6 Å². The van der Waals surface area contributed by atoms with Gasteiger partial charge in [-0.25, -0.2) is 0 Å². The molecule has 0 spiro atoms. The first-order chi connectivity index (χ1) is 10.6. The number of rotatable bonds is 7.